The standard InChI is InChI=1S/C54H58F2N8O9/c1-31-41(25-35(55)26-44(31)60-51(67)40-11-8-34(24-43(40)56)54(2,3)70)49-42-27-45(59-50(42)58-30-57-49)32-5-9-36(10-6-32)72-37-13-18-62(19-14-37)28-39(29-65)73-38-15-20-63(21-16-38)52(68)33-7-12-47(71-4)46(23-33)64-22-17-48(66)61-53(64)69/h5-12,23-27,30,37-39,65,70H,13-22,28-29H2,1-4H3,(H,60,67)(H,57,58,59)(H,61,66,69)/t39-/m1/s1. The van der Waals surface area contributed by atoms with Gasteiger partial charge in [0, 0.05) is 73.6 Å². The van der Waals surface area contributed by atoms with Gasteiger partial charge in [-0.3, -0.25) is 24.6 Å². The summed E-state index contributed by atoms with van der Waals surface area (Å²) >= 11 is 0. The van der Waals surface area contributed by atoms with E-state index in [4.69, 9.17) is 14.2 Å². The highest BCUT2D eigenvalue weighted by Gasteiger charge is 2.31. The lowest BCUT2D eigenvalue weighted by atomic mass is 9.96. The highest BCUT2D eigenvalue weighted by molar-refractivity contribution is 6.07. The van der Waals surface area contributed by atoms with Crippen LogP contribution in [-0.4, -0.2) is 130 Å². The maximum atomic E-state index is 15.2. The van der Waals surface area contributed by atoms with Gasteiger partial charge in [0.15, 0.2) is 0 Å². The highest BCUT2D eigenvalue weighted by Crippen LogP contribution is 2.36. The fourth-order valence-corrected chi connectivity index (χ4v) is 9.66. The van der Waals surface area contributed by atoms with Crippen LogP contribution in [0.25, 0.3) is 33.5 Å². The number of fused-ring (bicyclic) bond motifs is 1. The van der Waals surface area contributed by atoms with Crippen molar-refractivity contribution in [2.75, 3.05) is 63.2 Å². The first-order valence-electron chi connectivity index (χ1n) is 24.4. The molecule has 0 unspecified atom stereocenters. The zero-order chi connectivity index (χ0) is 51.6. The molecule has 19 heteroatoms. The summed E-state index contributed by atoms with van der Waals surface area (Å²) in [6.07, 6.45) is 3.80. The van der Waals surface area contributed by atoms with Crippen molar-refractivity contribution >= 4 is 46.2 Å². The predicted molar refractivity (Wildman–Crippen MR) is 269 cm³/mol. The number of amides is 5. The van der Waals surface area contributed by atoms with E-state index in [-0.39, 0.29) is 60.9 Å². The molecule has 3 aliphatic heterocycles. The minimum atomic E-state index is -1.30. The summed E-state index contributed by atoms with van der Waals surface area (Å²) in [5.41, 5.74) is 3.22. The predicted octanol–water partition coefficient (Wildman–Crippen LogP) is 7.34. The van der Waals surface area contributed by atoms with Gasteiger partial charge in [0.05, 0.1) is 48.5 Å². The second kappa shape index (κ2) is 21.4. The number of hydrogen-bond acceptors (Lipinski definition) is 12. The topological polar surface area (TPSA) is 212 Å². The van der Waals surface area contributed by atoms with Gasteiger partial charge in [0.25, 0.3) is 11.8 Å². The fraction of sp³-hybridized carbons (Fsp3) is 0.370. The van der Waals surface area contributed by atoms with Crippen LogP contribution in [0.3, 0.4) is 0 Å². The second-order valence-corrected chi connectivity index (χ2v) is 19.2. The molecular weight excluding hydrogens is 943 g/mol. The summed E-state index contributed by atoms with van der Waals surface area (Å²) < 4.78 is 48.5. The molecule has 5 heterocycles. The molecule has 1 atom stereocenters. The molecule has 2 aromatic heterocycles. The number of rotatable bonds is 15. The molecule has 3 saturated heterocycles. The SMILES string of the molecule is COc1ccc(C(=O)N2CCC(O[C@@H](CO)CN3CCC(Oc4ccc(-c5cc6c(-c7cc(F)cc(NC(=O)c8ccc(C(C)(C)O)cc8F)c7C)ncnc6[nH]5)cc4)CC3)CC2)cc1N1CCC(=O)NC1=O. The lowest BCUT2D eigenvalue weighted by Crippen LogP contribution is -2.49. The van der Waals surface area contributed by atoms with Crippen LogP contribution in [-0.2, 0) is 15.1 Å². The Balaban J connectivity index is 0.760. The van der Waals surface area contributed by atoms with E-state index in [2.05, 4.69) is 30.5 Å². The third-order valence-electron chi connectivity index (χ3n) is 13.8. The molecule has 0 aliphatic carbocycles. The van der Waals surface area contributed by atoms with E-state index in [9.17, 15) is 29.4 Å². The Morgan fingerprint density at radius 1 is 0.904 bits per heavy atom. The molecule has 0 bridgehead atoms. The lowest BCUT2D eigenvalue weighted by Gasteiger charge is -2.37. The number of H-pyrrole nitrogens is 1. The van der Waals surface area contributed by atoms with Crippen molar-refractivity contribution in [1.82, 2.24) is 30.1 Å². The van der Waals surface area contributed by atoms with Crippen LogP contribution < -0.4 is 25.0 Å². The quantitative estimate of drug-likeness (QED) is 0.0684. The number of carbonyl (C=O) groups excluding carboxylic acids is 4. The van der Waals surface area contributed by atoms with E-state index in [1.54, 1.807) is 30.0 Å². The Morgan fingerprint density at radius 2 is 1.64 bits per heavy atom. The molecular formula is C54H58F2N8O9. The summed E-state index contributed by atoms with van der Waals surface area (Å²) in [6, 6.07) is 20.3. The van der Waals surface area contributed by atoms with Gasteiger partial charge >= 0.3 is 6.03 Å². The van der Waals surface area contributed by atoms with E-state index in [0.717, 1.165) is 49.0 Å². The Morgan fingerprint density at radius 3 is 2.33 bits per heavy atom. The number of methoxy groups -OCH3 is 1. The van der Waals surface area contributed by atoms with E-state index < -0.39 is 29.2 Å². The van der Waals surface area contributed by atoms with E-state index in [1.165, 1.54) is 56.4 Å². The van der Waals surface area contributed by atoms with Crippen molar-refractivity contribution < 1.29 is 52.4 Å². The third-order valence-corrected chi connectivity index (χ3v) is 13.8. The molecule has 0 saturated carbocycles. The normalized spacial score (nSPS) is 16.7. The van der Waals surface area contributed by atoms with Crippen LogP contribution >= 0.6 is 0 Å². The molecule has 0 radical (unpaired) electrons. The Bertz CT molecular complexity index is 3040. The van der Waals surface area contributed by atoms with Gasteiger partial charge in [0.2, 0.25) is 5.91 Å². The van der Waals surface area contributed by atoms with Crippen molar-refractivity contribution in [2.45, 2.75) is 76.8 Å². The van der Waals surface area contributed by atoms with E-state index in [0.29, 0.717) is 82.9 Å². The number of imide groups is 1. The number of anilines is 2. The van der Waals surface area contributed by atoms with Gasteiger partial charge in [0.1, 0.15) is 41.2 Å². The summed E-state index contributed by atoms with van der Waals surface area (Å²) in [5, 5.41) is 26.2. The zero-order valence-corrected chi connectivity index (χ0v) is 41.0. The summed E-state index contributed by atoms with van der Waals surface area (Å²) in [5.74, 6) is -1.61. The maximum Gasteiger partial charge on any atom is 0.328 e. The Labute approximate surface area is 420 Å². The van der Waals surface area contributed by atoms with Gasteiger partial charge in [-0.2, -0.15) is 0 Å². The number of piperidine rings is 2. The smallest absolute Gasteiger partial charge is 0.328 e. The van der Waals surface area contributed by atoms with Gasteiger partial charge < -0.3 is 44.5 Å². The largest absolute Gasteiger partial charge is 0.495 e. The number of aliphatic hydroxyl groups is 2. The number of ether oxygens (including phenoxy) is 3. The second-order valence-electron chi connectivity index (χ2n) is 19.2. The number of carbonyl (C=O) groups is 4. The first-order chi connectivity index (χ1) is 35.0. The summed E-state index contributed by atoms with van der Waals surface area (Å²) in [6.45, 7) is 7.84. The monoisotopic (exact) mass is 1000 g/mol. The number of benzene rings is 4. The number of aromatic amines is 1. The van der Waals surface area contributed by atoms with Gasteiger partial charge in [-0.15, -0.1) is 0 Å². The minimum Gasteiger partial charge on any atom is -0.495 e. The zero-order valence-electron chi connectivity index (χ0n) is 41.0. The molecule has 17 nitrogen and oxygen atoms in total. The maximum absolute atomic E-state index is 15.2. The van der Waals surface area contributed by atoms with Crippen LogP contribution in [0.2, 0.25) is 0 Å². The molecule has 4 aromatic carbocycles. The molecule has 9 rings (SSSR count). The fourth-order valence-electron chi connectivity index (χ4n) is 9.66. The van der Waals surface area contributed by atoms with Crippen molar-refractivity contribution in [1.29, 1.82) is 0 Å². The number of hydrogen-bond donors (Lipinski definition) is 5. The first-order valence-corrected chi connectivity index (χ1v) is 24.4. The van der Waals surface area contributed by atoms with E-state index in [1.807, 2.05) is 30.3 Å². The summed E-state index contributed by atoms with van der Waals surface area (Å²) in [7, 11) is 1.48. The molecule has 0 spiro atoms. The Kier molecular flexibility index (Phi) is 14.8. The molecule has 5 amide bonds. The van der Waals surface area contributed by atoms with Crippen LogP contribution in [0.5, 0.6) is 11.5 Å². The molecule has 3 aliphatic rings. The average molecular weight is 1000 g/mol. The number of urea groups is 1. The van der Waals surface area contributed by atoms with Crippen LogP contribution in [0, 0.1) is 18.6 Å². The highest BCUT2D eigenvalue weighted by atomic mass is 19.1. The van der Waals surface area contributed by atoms with Crippen molar-refractivity contribution in [3.05, 3.63) is 119 Å². The number of halogens is 2. The van der Waals surface area contributed by atoms with Gasteiger partial charge in [-0.1, -0.05) is 6.07 Å². The van der Waals surface area contributed by atoms with Gasteiger partial charge in [-0.25, -0.2) is 23.5 Å². The minimum absolute atomic E-state index is 0.00575. The number of aliphatic hydroxyl groups excluding tert-OH is 1. The number of aromatic nitrogens is 3. The molecule has 6 aromatic rings. The first kappa shape index (κ1) is 50.6. The summed E-state index contributed by atoms with van der Waals surface area (Å²) in [4.78, 5) is 68.8. The number of likely N-dealkylation sites (tertiary alicyclic amines) is 2. The van der Waals surface area contributed by atoms with Crippen LogP contribution in [0.15, 0.2) is 85.2 Å². The molecule has 5 N–H and O–H groups in total. The van der Waals surface area contributed by atoms with Crippen molar-refractivity contribution in [3.8, 4) is 34.0 Å². The van der Waals surface area contributed by atoms with Crippen LogP contribution in [0.1, 0.15) is 77.8 Å². The van der Waals surface area contributed by atoms with Gasteiger partial charge in [-0.05, 0) is 136 Å². The average Bonchev–Trinajstić information content (AvgIpc) is 3.82. The molecule has 382 valence electrons. The lowest BCUT2D eigenvalue weighted by molar-refractivity contribution is -0.120. The molecule has 3 fully saturated rings. The van der Waals surface area contributed by atoms with E-state index >= 15 is 8.78 Å². The Hall–Kier alpha value is -7.32. The number of nitrogens with zero attached hydrogens (tertiary/aromatic N) is 5. The number of nitrogens with one attached hydrogen (secondary N) is 3. The van der Waals surface area contributed by atoms with Crippen LogP contribution in [0.4, 0.5) is 25.0 Å². The third kappa shape index (κ3) is 11.3. The van der Waals surface area contributed by atoms with Crippen molar-refractivity contribution in [3.63, 3.8) is 0 Å². The van der Waals surface area contributed by atoms with Crippen molar-refractivity contribution in [2.24, 2.45) is 0 Å². The molecule has 73 heavy (non-hydrogen) atoms.